The van der Waals surface area contributed by atoms with Gasteiger partial charge in [0.1, 0.15) is 24.2 Å². The Balaban J connectivity index is 1.15. The van der Waals surface area contributed by atoms with E-state index >= 15 is 0 Å². The molecular formula is C52H52O7S. The molecule has 1 aromatic heterocycles. The second kappa shape index (κ2) is 18.3. The highest BCUT2D eigenvalue weighted by atomic mass is 32.1. The number of rotatable bonds is 17. The van der Waals surface area contributed by atoms with Gasteiger partial charge in [-0.3, -0.25) is 0 Å². The molecule has 308 valence electrons. The summed E-state index contributed by atoms with van der Waals surface area (Å²) < 4.78 is 40.0. The average molecular weight is 821 g/mol. The van der Waals surface area contributed by atoms with Crippen LogP contribution in [0, 0.1) is 0 Å². The maximum absolute atomic E-state index is 13.7. The molecular weight excluding hydrogens is 769 g/mol. The van der Waals surface area contributed by atoms with Gasteiger partial charge in [0.25, 0.3) is 0 Å². The number of hydrogen-bond donors (Lipinski definition) is 1. The normalized spacial score (nSPS) is 21.6. The fourth-order valence-electron chi connectivity index (χ4n) is 8.58. The van der Waals surface area contributed by atoms with Crippen LogP contribution in [0.25, 0.3) is 6.08 Å². The van der Waals surface area contributed by atoms with Crippen LogP contribution in [0.15, 0.2) is 146 Å². The first-order chi connectivity index (χ1) is 29.5. The lowest BCUT2D eigenvalue weighted by Crippen LogP contribution is -2.58. The van der Waals surface area contributed by atoms with E-state index in [0.717, 1.165) is 53.5 Å². The van der Waals surface area contributed by atoms with Gasteiger partial charge in [0.2, 0.25) is 5.79 Å². The third kappa shape index (κ3) is 8.86. The van der Waals surface area contributed by atoms with Crippen LogP contribution < -0.4 is 9.47 Å². The SMILES string of the molecule is COc1cc(OCc2ccccc2)c(C2(O)O[C@H](COCc3ccccc3)C[C@H](OCc3ccccc3)C2OCc2ccccc2)cc1C1(c2cc3c(s2)C=CCC3)CC1. The molecule has 1 aliphatic heterocycles. The third-order valence-electron chi connectivity index (χ3n) is 11.9. The molecule has 2 aliphatic carbocycles. The van der Waals surface area contributed by atoms with Crippen molar-refractivity contribution < 1.29 is 33.5 Å². The molecule has 2 fully saturated rings. The number of aryl methyl sites for hydroxylation is 1. The Bertz CT molecular complexity index is 2340. The van der Waals surface area contributed by atoms with Crippen LogP contribution >= 0.6 is 11.3 Å². The molecule has 1 saturated heterocycles. The zero-order valence-electron chi connectivity index (χ0n) is 34.0. The van der Waals surface area contributed by atoms with Gasteiger partial charge < -0.3 is 33.5 Å². The Morgan fingerprint density at radius 1 is 0.683 bits per heavy atom. The van der Waals surface area contributed by atoms with E-state index in [-0.39, 0.29) is 25.2 Å². The smallest absolute Gasteiger partial charge is 0.226 e. The lowest BCUT2D eigenvalue weighted by Gasteiger charge is -2.47. The van der Waals surface area contributed by atoms with E-state index in [1.54, 1.807) is 7.11 Å². The summed E-state index contributed by atoms with van der Waals surface area (Å²) in [5, 5.41) is 13.7. The van der Waals surface area contributed by atoms with Gasteiger partial charge in [-0.15, -0.1) is 11.3 Å². The van der Waals surface area contributed by atoms with Crippen LogP contribution in [0.3, 0.4) is 0 Å². The summed E-state index contributed by atoms with van der Waals surface area (Å²) >= 11 is 1.86. The maximum Gasteiger partial charge on any atom is 0.226 e. The van der Waals surface area contributed by atoms with E-state index in [4.69, 9.17) is 28.4 Å². The Hall–Kier alpha value is -5.06. The minimum atomic E-state index is -2.03. The van der Waals surface area contributed by atoms with Crippen molar-refractivity contribution in [3.8, 4) is 11.5 Å². The van der Waals surface area contributed by atoms with Crippen molar-refractivity contribution in [3.05, 3.63) is 194 Å². The summed E-state index contributed by atoms with van der Waals surface area (Å²) in [5.41, 5.74) is 6.63. The Morgan fingerprint density at radius 2 is 1.28 bits per heavy atom. The molecule has 0 bridgehead atoms. The van der Waals surface area contributed by atoms with Gasteiger partial charge in [0.05, 0.1) is 51.3 Å². The molecule has 5 aromatic carbocycles. The third-order valence-corrected chi connectivity index (χ3v) is 13.3. The van der Waals surface area contributed by atoms with E-state index < -0.39 is 24.1 Å². The van der Waals surface area contributed by atoms with Crippen LogP contribution in [-0.2, 0) is 63.0 Å². The van der Waals surface area contributed by atoms with Gasteiger partial charge in [0.15, 0.2) is 0 Å². The number of benzene rings is 5. The van der Waals surface area contributed by atoms with Gasteiger partial charge in [-0.25, -0.2) is 0 Å². The first-order valence-corrected chi connectivity index (χ1v) is 21.8. The van der Waals surface area contributed by atoms with Crippen molar-refractivity contribution in [1.82, 2.24) is 0 Å². The van der Waals surface area contributed by atoms with Crippen LogP contribution in [0.1, 0.15) is 74.4 Å². The fraction of sp³-hybridized carbons (Fsp3) is 0.308. The van der Waals surface area contributed by atoms with Gasteiger partial charge >= 0.3 is 0 Å². The summed E-state index contributed by atoms with van der Waals surface area (Å²) in [6, 6.07) is 46.6. The van der Waals surface area contributed by atoms with E-state index in [0.29, 0.717) is 36.7 Å². The second-order valence-electron chi connectivity index (χ2n) is 16.1. The first-order valence-electron chi connectivity index (χ1n) is 21.0. The molecule has 8 heteroatoms. The monoisotopic (exact) mass is 820 g/mol. The zero-order valence-corrected chi connectivity index (χ0v) is 34.9. The standard InChI is InChI=1S/C52H52O7S/c1-54-45-31-46(56-33-38-18-8-3-9-19-38)44(30-43(45)51(26-27-51)49-28-41-24-14-15-25-48(41)60-49)52(53)50(58-35-40-22-12-5-13-23-40)47(57-34-39-20-10-4-11-21-39)29-42(59-52)36-55-32-37-16-6-2-7-17-37/h2-13,15-23,25,28,30-31,42,47,50,53H,14,24,26-27,29,32-36H2,1H3/t42-,47-,50?,52?/m0/s1. The first kappa shape index (κ1) is 40.4. The lowest BCUT2D eigenvalue weighted by atomic mass is 9.84. The van der Waals surface area contributed by atoms with Crippen molar-refractivity contribution in [1.29, 1.82) is 0 Å². The number of thiophene rings is 1. The predicted octanol–water partition coefficient (Wildman–Crippen LogP) is 10.7. The average Bonchev–Trinajstić information content (AvgIpc) is 3.99. The minimum Gasteiger partial charge on any atom is -0.496 e. The van der Waals surface area contributed by atoms with Gasteiger partial charge in [-0.2, -0.15) is 0 Å². The van der Waals surface area contributed by atoms with Crippen LogP contribution in [0.5, 0.6) is 11.5 Å². The van der Waals surface area contributed by atoms with Gasteiger partial charge in [0, 0.05) is 33.2 Å². The predicted molar refractivity (Wildman–Crippen MR) is 235 cm³/mol. The molecule has 6 aromatic rings. The van der Waals surface area contributed by atoms with Crippen molar-refractivity contribution >= 4 is 17.4 Å². The Labute approximate surface area is 357 Å². The van der Waals surface area contributed by atoms with Crippen LogP contribution in [-0.4, -0.2) is 37.1 Å². The number of allylic oxidation sites excluding steroid dienone is 1. The number of ether oxygens (including phenoxy) is 6. The molecule has 9 rings (SSSR count). The Kier molecular flexibility index (Phi) is 12.3. The highest BCUT2D eigenvalue weighted by Gasteiger charge is 2.56. The van der Waals surface area contributed by atoms with E-state index in [1.165, 1.54) is 15.3 Å². The zero-order chi connectivity index (χ0) is 40.8. The number of aliphatic hydroxyl groups is 1. The molecule has 7 nitrogen and oxygen atoms in total. The van der Waals surface area contributed by atoms with Crippen molar-refractivity contribution in [2.75, 3.05) is 13.7 Å². The molecule has 60 heavy (non-hydrogen) atoms. The molecule has 0 amide bonds. The molecule has 1 N–H and O–H groups in total. The summed E-state index contributed by atoms with van der Waals surface area (Å²) in [5.74, 6) is -0.871. The summed E-state index contributed by atoms with van der Waals surface area (Å²) in [6.07, 6.45) is 6.88. The minimum absolute atomic E-state index is 0.231. The lowest BCUT2D eigenvalue weighted by molar-refractivity contribution is -0.352. The van der Waals surface area contributed by atoms with Crippen molar-refractivity contribution in [2.24, 2.45) is 0 Å². The van der Waals surface area contributed by atoms with Gasteiger partial charge in [-0.1, -0.05) is 127 Å². The molecule has 4 atom stereocenters. The molecule has 0 spiro atoms. The van der Waals surface area contributed by atoms with Crippen molar-refractivity contribution in [2.45, 2.75) is 88.0 Å². The molecule has 3 aliphatic rings. The van der Waals surface area contributed by atoms with E-state index in [9.17, 15) is 5.11 Å². The van der Waals surface area contributed by atoms with Crippen molar-refractivity contribution in [3.63, 3.8) is 0 Å². The summed E-state index contributed by atoms with van der Waals surface area (Å²) in [4.78, 5) is 2.64. The van der Waals surface area contributed by atoms with Crippen LogP contribution in [0.2, 0.25) is 0 Å². The van der Waals surface area contributed by atoms with Crippen LogP contribution in [0.4, 0.5) is 0 Å². The number of methoxy groups -OCH3 is 1. The highest BCUT2D eigenvalue weighted by Crippen LogP contribution is 2.60. The van der Waals surface area contributed by atoms with E-state index in [1.807, 2.05) is 139 Å². The van der Waals surface area contributed by atoms with Gasteiger partial charge in [-0.05, 0) is 71.7 Å². The largest absolute Gasteiger partial charge is 0.496 e. The fourth-order valence-corrected chi connectivity index (χ4v) is 9.98. The topological polar surface area (TPSA) is 75.6 Å². The Morgan fingerprint density at radius 3 is 1.88 bits per heavy atom. The summed E-state index contributed by atoms with van der Waals surface area (Å²) in [6.45, 7) is 1.47. The number of fused-ring (bicyclic) bond motifs is 1. The quantitative estimate of drug-likeness (QED) is 0.0982. The molecule has 2 heterocycles. The second-order valence-corrected chi connectivity index (χ2v) is 17.2. The number of hydrogen-bond acceptors (Lipinski definition) is 8. The molecule has 0 radical (unpaired) electrons. The van der Waals surface area contributed by atoms with E-state index in [2.05, 4.69) is 24.3 Å². The summed E-state index contributed by atoms with van der Waals surface area (Å²) in [7, 11) is 1.71. The molecule has 2 unspecified atom stereocenters. The highest BCUT2D eigenvalue weighted by molar-refractivity contribution is 7.13. The molecule has 1 saturated carbocycles. The maximum atomic E-state index is 13.7.